The average Bonchev–Trinajstić information content (AvgIpc) is 2.90. The number of benzene rings is 4. The Morgan fingerprint density at radius 1 is 0.676 bits per heavy atom. The Morgan fingerprint density at radius 3 is 1.32 bits per heavy atom. The van der Waals surface area contributed by atoms with Gasteiger partial charge in [0.15, 0.2) is 0 Å². The van der Waals surface area contributed by atoms with Crippen LogP contribution in [0, 0.1) is 0 Å². The second-order valence-corrected chi connectivity index (χ2v) is 13.2. The zero-order valence-corrected chi connectivity index (χ0v) is 22.5. The second kappa shape index (κ2) is 13.8. The fourth-order valence-electron chi connectivity index (χ4n) is 3.66. The predicted octanol–water partition coefficient (Wildman–Crippen LogP) is 6.98. The summed E-state index contributed by atoms with van der Waals surface area (Å²) in [5, 5.41) is 2.96. The van der Waals surface area contributed by atoms with Gasteiger partial charge in [-0.25, -0.2) is 0 Å². The first kappa shape index (κ1) is 29.0. The van der Waals surface area contributed by atoms with Gasteiger partial charge in [-0.1, -0.05) is 121 Å². The third kappa shape index (κ3) is 9.05. The van der Waals surface area contributed by atoms with Crippen molar-refractivity contribution in [3.05, 3.63) is 132 Å². The zero-order chi connectivity index (χ0) is 26.7. The molecule has 0 aliphatic carbocycles. The van der Waals surface area contributed by atoms with E-state index in [1.807, 2.05) is 0 Å². The van der Waals surface area contributed by atoms with E-state index in [0.29, 0.717) is 5.66 Å². The summed E-state index contributed by atoms with van der Waals surface area (Å²) in [4.78, 5) is 0. The van der Waals surface area contributed by atoms with E-state index in [9.17, 15) is 13.2 Å². The van der Waals surface area contributed by atoms with Gasteiger partial charge in [-0.05, 0) is 42.0 Å². The Morgan fingerprint density at radius 2 is 1.00 bits per heavy atom. The van der Waals surface area contributed by atoms with Crippen molar-refractivity contribution in [2.45, 2.75) is 11.2 Å². The Kier molecular flexibility index (Phi) is 10.8. The maximum Gasteiger partial charge on any atom is 0.522 e. The molecule has 1 atom stereocenters. The van der Waals surface area contributed by atoms with Crippen LogP contribution in [0.1, 0.15) is 16.8 Å². The molecular weight excluding hydrogens is 535 g/mol. The summed E-state index contributed by atoms with van der Waals surface area (Å²) in [7, 11) is -5.28. The lowest BCUT2D eigenvalue weighted by Crippen LogP contribution is -2.21. The molecule has 4 rings (SSSR count). The summed E-state index contributed by atoms with van der Waals surface area (Å²) in [5.41, 5.74) is -2.19. The molecule has 0 heterocycles. The van der Waals surface area contributed by atoms with Gasteiger partial charge < -0.3 is 0 Å². The van der Waals surface area contributed by atoms with Gasteiger partial charge in [-0.3, -0.25) is 4.55 Å². The summed E-state index contributed by atoms with van der Waals surface area (Å²) in [6.07, 6.45) is 2.47. The maximum absolute atomic E-state index is 10.7. The topological polar surface area (TPSA) is 54.4 Å². The minimum Gasteiger partial charge on any atom is -0.279 e. The van der Waals surface area contributed by atoms with Crippen LogP contribution in [0.25, 0.3) is 0 Å². The van der Waals surface area contributed by atoms with Gasteiger partial charge >= 0.3 is 15.6 Å². The van der Waals surface area contributed by atoms with Gasteiger partial charge in [-0.2, -0.15) is 21.6 Å². The van der Waals surface area contributed by atoms with E-state index in [-0.39, 0.29) is 7.92 Å². The Bertz CT molecular complexity index is 1140. The zero-order valence-electron chi connectivity index (χ0n) is 19.8. The molecule has 194 valence electrons. The Labute approximate surface area is 219 Å². The molecule has 4 aromatic carbocycles. The molecule has 0 radical (unpaired) electrons. The van der Waals surface area contributed by atoms with E-state index in [2.05, 4.69) is 121 Å². The molecule has 0 amide bonds. The first-order valence-electron chi connectivity index (χ1n) is 11.4. The molecular formula is C28H27F3O3P2S. The van der Waals surface area contributed by atoms with Crippen molar-refractivity contribution in [3.8, 4) is 0 Å². The van der Waals surface area contributed by atoms with Gasteiger partial charge in [0, 0.05) is 5.66 Å². The number of hydrogen-bond acceptors (Lipinski definition) is 2. The summed E-state index contributed by atoms with van der Waals surface area (Å²) < 4.78 is 57.5. The largest absolute Gasteiger partial charge is 0.522 e. The number of halogens is 3. The van der Waals surface area contributed by atoms with Crippen molar-refractivity contribution >= 4 is 37.2 Å². The number of alkyl halides is 3. The molecule has 0 aromatic heterocycles. The van der Waals surface area contributed by atoms with Gasteiger partial charge in [0.25, 0.3) is 0 Å². The van der Waals surface area contributed by atoms with Crippen LogP contribution in [0.3, 0.4) is 0 Å². The molecule has 9 heteroatoms. The fourth-order valence-corrected chi connectivity index (χ4v) is 8.10. The van der Waals surface area contributed by atoms with Crippen LogP contribution in [0.4, 0.5) is 13.2 Å². The third-order valence-corrected chi connectivity index (χ3v) is 10.5. The number of rotatable bonds is 8. The summed E-state index contributed by atoms with van der Waals surface area (Å²) >= 11 is 0. The normalized spacial score (nSPS) is 12.1. The lowest BCUT2D eigenvalue weighted by atomic mass is 10.0. The molecule has 0 fully saturated rings. The van der Waals surface area contributed by atoms with Crippen molar-refractivity contribution in [1.29, 1.82) is 0 Å². The monoisotopic (exact) mass is 562 g/mol. The Balaban J connectivity index is 0.000000414. The smallest absolute Gasteiger partial charge is 0.279 e. The van der Waals surface area contributed by atoms with Crippen LogP contribution in [0.5, 0.6) is 0 Å². The van der Waals surface area contributed by atoms with Crippen molar-refractivity contribution < 1.29 is 26.1 Å². The highest BCUT2D eigenvalue weighted by Crippen LogP contribution is 2.43. The van der Waals surface area contributed by atoms with Crippen molar-refractivity contribution in [3.63, 3.8) is 0 Å². The average molecular weight is 563 g/mol. The molecule has 37 heavy (non-hydrogen) atoms. The van der Waals surface area contributed by atoms with E-state index < -0.39 is 15.6 Å². The number of hydrogen-bond donors (Lipinski definition) is 1. The first-order valence-corrected chi connectivity index (χ1v) is 15.7. The molecule has 0 saturated heterocycles. The quantitative estimate of drug-likeness (QED) is 0.143. The van der Waals surface area contributed by atoms with Crippen LogP contribution < -0.4 is 10.6 Å². The minimum atomic E-state index is -5.84. The van der Waals surface area contributed by atoms with Crippen LogP contribution in [-0.2, 0) is 10.1 Å². The first-order chi connectivity index (χ1) is 17.7. The standard InChI is InChI=1S/C27H26P2.CHF3O3S/c1-5-13-23(14-6-1)27(24-15-7-2-8-16-24)28-21-22-29(25-17-9-3-10-18-25)26-19-11-4-12-20-26;2-1(3,4)8(5,6)7/h1-20,27-28H,21-22H2;(H,5,6,7). The van der Waals surface area contributed by atoms with E-state index in [1.54, 1.807) is 0 Å². The van der Waals surface area contributed by atoms with Crippen molar-refractivity contribution in [2.24, 2.45) is 0 Å². The SMILES string of the molecule is O=S(=O)(O)C(F)(F)F.c1ccc(C(PCCP(c2ccccc2)c2ccccc2)c2ccccc2)cc1. The van der Waals surface area contributed by atoms with Gasteiger partial charge in [0.05, 0.1) is 0 Å². The summed E-state index contributed by atoms with van der Waals surface area (Å²) in [5.74, 6) is 0. The lowest BCUT2D eigenvalue weighted by Gasteiger charge is -2.22. The van der Waals surface area contributed by atoms with Crippen molar-refractivity contribution in [1.82, 2.24) is 0 Å². The van der Waals surface area contributed by atoms with Gasteiger partial charge in [-0.15, -0.1) is 8.58 Å². The minimum absolute atomic E-state index is 0.312. The van der Waals surface area contributed by atoms with Gasteiger partial charge in [0.1, 0.15) is 0 Å². The maximum atomic E-state index is 10.7. The molecule has 4 aromatic rings. The highest BCUT2D eigenvalue weighted by Gasteiger charge is 2.44. The van der Waals surface area contributed by atoms with E-state index in [4.69, 9.17) is 13.0 Å². The molecule has 1 N–H and O–H groups in total. The highest BCUT2D eigenvalue weighted by atomic mass is 32.2. The van der Waals surface area contributed by atoms with E-state index in [0.717, 1.165) is 8.58 Å². The van der Waals surface area contributed by atoms with Crippen LogP contribution in [0.2, 0.25) is 0 Å². The van der Waals surface area contributed by atoms with Crippen LogP contribution in [-0.4, -0.2) is 30.8 Å². The highest BCUT2D eigenvalue weighted by molar-refractivity contribution is 7.86. The van der Waals surface area contributed by atoms with E-state index in [1.165, 1.54) is 34.1 Å². The third-order valence-electron chi connectivity index (χ3n) is 5.38. The predicted molar refractivity (Wildman–Crippen MR) is 149 cm³/mol. The van der Waals surface area contributed by atoms with Gasteiger partial charge in [0.2, 0.25) is 0 Å². The van der Waals surface area contributed by atoms with Crippen molar-refractivity contribution in [2.75, 3.05) is 12.3 Å². The molecule has 0 spiro atoms. The summed E-state index contributed by atoms with van der Waals surface area (Å²) in [6.45, 7) is 0. The molecule has 0 aliphatic rings. The molecule has 0 saturated carbocycles. The van der Waals surface area contributed by atoms with Crippen LogP contribution in [0.15, 0.2) is 121 Å². The lowest BCUT2D eigenvalue weighted by molar-refractivity contribution is -0.0510. The molecule has 0 bridgehead atoms. The fraction of sp³-hybridized carbons (Fsp3) is 0.143. The molecule has 1 unspecified atom stereocenters. The van der Waals surface area contributed by atoms with Crippen LogP contribution >= 0.6 is 16.5 Å². The van der Waals surface area contributed by atoms with E-state index >= 15 is 0 Å². The second-order valence-electron chi connectivity index (χ2n) is 7.95. The molecule has 0 aliphatic heterocycles. The Hall–Kier alpha value is -2.56. The summed E-state index contributed by atoms with van der Waals surface area (Å²) in [6, 6.07) is 44.1. The molecule has 3 nitrogen and oxygen atoms in total.